The molecule has 4 nitrogen and oxygen atoms in total. The molecule has 1 saturated heterocycles. The Kier molecular flexibility index (Phi) is 5.01. The lowest BCUT2D eigenvalue weighted by atomic mass is 9.77. The molecule has 1 spiro atoms. The van der Waals surface area contributed by atoms with Crippen LogP contribution in [0.1, 0.15) is 31.2 Å². The van der Waals surface area contributed by atoms with Crippen LogP contribution in [0.5, 0.6) is 0 Å². The fourth-order valence-corrected chi connectivity index (χ4v) is 3.55. The van der Waals surface area contributed by atoms with E-state index in [0.29, 0.717) is 23.8 Å². The smallest absolute Gasteiger partial charge is 0.348 e. The maximum atomic E-state index is 13.7. The summed E-state index contributed by atoms with van der Waals surface area (Å²) in [5.74, 6) is -1.58. The van der Waals surface area contributed by atoms with Crippen molar-refractivity contribution < 1.29 is 27.4 Å². The van der Waals surface area contributed by atoms with Crippen molar-refractivity contribution in [2.24, 2.45) is 0 Å². The average molecular weight is 378 g/mol. The molecule has 0 aromatic heterocycles. The Bertz CT molecular complexity index is 617. The molecule has 0 bridgehead atoms. The molecular weight excluding hydrogens is 359 g/mol. The van der Waals surface area contributed by atoms with Crippen LogP contribution in [0.4, 0.5) is 13.2 Å². The largest absolute Gasteiger partial charge is 0.411 e. The fraction of sp³-hybridized carbons (Fsp3) is 0.588. The van der Waals surface area contributed by atoms with Gasteiger partial charge in [0.15, 0.2) is 5.79 Å². The number of hydrogen-bond acceptors (Lipinski definition) is 3. The van der Waals surface area contributed by atoms with Crippen molar-refractivity contribution in [2.45, 2.75) is 49.6 Å². The van der Waals surface area contributed by atoms with Crippen molar-refractivity contribution in [3.8, 4) is 0 Å². The van der Waals surface area contributed by atoms with Gasteiger partial charge in [0.1, 0.15) is 5.54 Å². The molecule has 1 N–H and O–H groups in total. The molecule has 138 valence electrons. The van der Waals surface area contributed by atoms with Gasteiger partial charge in [-0.3, -0.25) is 4.79 Å². The number of rotatable bonds is 3. The number of alkyl halides is 3. The number of ether oxygens (including phenoxy) is 2. The minimum Gasteiger partial charge on any atom is -0.348 e. The lowest BCUT2D eigenvalue weighted by Crippen LogP contribution is -2.62. The summed E-state index contributed by atoms with van der Waals surface area (Å²) in [5.41, 5.74) is -1.63. The second kappa shape index (κ2) is 6.78. The van der Waals surface area contributed by atoms with Crippen LogP contribution in [0.3, 0.4) is 0 Å². The van der Waals surface area contributed by atoms with Gasteiger partial charge in [0.05, 0.1) is 19.6 Å². The molecule has 2 aliphatic rings. The van der Waals surface area contributed by atoms with Gasteiger partial charge in [0.2, 0.25) is 5.91 Å². The predicted molar refractivity (Wildman–Crippen MR) is 85.2 cm³/mol. The zero-order chi connectivity index (χ0) is 18.1. The fourth-order valence-electron chi connectivity index (χ4n) is 3.42. The minimum atomic E-state index is -4.54. The van der Waals surface area contributed by atoms with E-state index >= 15 is 0 Å². The molecule has 3 rings (SSSR count). The van der Waals surface area contributed by atoms with Crippen LogP contribution in [-0.4, -0.2) is 36.6 Å². The first kappa shape index (κ1) is 18.5. The molecule has 0 atom stereocenters. The highest BCUT2D eigenvalue weighted by molar-refractivity contribution is 6.30. The highest BCUT2D eigenvalue weighted by atomic mass is 35.5. The molecule has 8 heteroatoms. The third-order valence-electron chi connectivity index (χ3n) is 4.88. The highest BCUT2D eigenvalue weighted by Crippen LogP contribution is 2.47. The van der Waals surface area contributed by atoms with Crippen molar-refractivity contribution >= 4 is 17.5 Å². The minimum absolute atomic E-state index is 0.105. The Balaban J connectivity index is 1.69. The number of nitrogens with one attached hydrogen (secondary N) is 1. The summed E-state index contributed by atoms with van der Waals surface area (Å²) in [4.78, 5) is 12.2. The van der Waals surface area contributed by atoms with Crippen LogP contribution in [-0.2, 0) is 20.7 Å². The number of benzene rings is 1. The third-order valence-corrected chi connectivity index (χ3v) is 5.13. The molecule has 1 aliphatic carbocycles. The summed E-state index contributed by atoms with van der Waals surface area (Å²) in [6.07, 6.45) is -4.98. The van der Waals surface area contributed by atoms with Crippen molar-refractivity contribution in [1.29, 1.82) is 0 Å². The summed E-state index contributed by atoms with van der Waals surface area (Å²) in [5, 5.41) is 2.74. The lowest BCUT2D eigenvalue weighted by Gasteiger charge is -2.44. The number of carbonyl (C=O) groups is 1. The predicted octanol–water partition coefficient (Wildman–Crippen LogP) is 3.62. The van der Waals surface area contributed by atoms with Crippen LogP contribution < -0.4 is 5.32 Å². The monoisotopic (exact) mass is 377 g/mol. The van der Waals surface area contributed by atoms with Crippen molar-refractivity contribution in [3.63, 3.8) is 0 Å². The van der Waals surface area contributed by atoms with Gasteiger partial charge in [-0.2, -0.15) is 13.2 Å². The van der Waals surface area contributed by atoms with E-state index in [1.165, 1.54) is 0 Å². The third kappa shape index (κ3) is 3.93. The van der Waals surface area contributed by atoms with E-state index in [1.54, 1.807) is 24.3 Å². The van der Waals surface area contributed by atoms with Gasteiger partial charge in [-0.25, -0.2) is 0 Å². The van der Waals surface area contributed by atoms with Gasteiger partial charge >= 0.3 is 6.18 Å². The topological polar surface area (TPSA) is 47.6 Å². The normalized spacial score (nSPS) is 22.1. The van der Waals surface area contributed by atoms with Crippen molar-refractivity contribution in [2.75, 3.05) is 13.2 Å². The molecule has 1 amide bonds. The molecule has 1 heterocycles. The molecule has 1 aliphatic heterocycles. The van der Waals surface area contributed by atoms with Gasteiger partial charge in [0, 0.05) is 17.9 Å². The summed E-state index contributed by atoms with van der Waals surface area (Å²) in [6.45, 7) is 0.782. The zero-order valence-electron chi connectivity index (χ0n) is 13.5. The second-order valence-electron chi connectivity index (χ2n) is 6.54. The number of amides is 1. The molecule has 0 radical (unpaired) electrons. The van der Waals surface area contributed by atoms with E-state index in [-0.39, 0.29) is 32.1 Å². The Labute approximate surface area is 148 Å². The molecular formula is C17H19ClF3NO3. The van der Waals surface area contributed by atoms with Crippen LogP contribution in [0.25, 0.3) is 0 Å². The van der Waals surface area contributed by atoms with E-state index in [4.69, 9.17) is 21.1 Å². The van der Waals surface area contributed by atoms with Gasteiger partial charge in [-0.15, -0.1) is 0 Å². The van der Waals surface area contributed by atoms with Crippen LogP contribution in [0.15, 0.2) is 24.3 Å². The number of halogens is 4. The molecule has 1 aromatic carbocycles. The SMILES string of the molecule is O=C(Cc1ccc(Cl)cc1)NC1(C(F)(F)F)CCC2(CC1)OCCO2. The van der Waals surface area contributed by atoms with Gasteiger partial charge in [0.25, 0.3) is 0 Å². The van der Waals surface area contributed by atoms with E-state index in [1.807, 2.05) is 0 Å². The van der Waals surface area contributed by atoms with E-state index in [0.717, 1.165) is 0 Å². The quantitative estimate of drug-likeness (QED) is 0.875. The lowest BCUT2D eigenvalue weighted by molar-refractivity contribution is -0.243. The van der Waals surface area contributed by atoms with Crippen LogP contribution >= 0.6 is 11.6 Å². The Morgan fingerprint density at radius 3 is 2.16 bits per heavy atom. The van der Waals surface area contributed by atoms with E-state index in [2.05, 4.69) is 5.32 Å². The maximum Gasteiger partial charge on any atom is 0.411 e. The Morgan fingerprint density at radius 1 is 1.08 bits per heavy atom. The highest BCUT2D eigenvalue weighted by Gasteiger charge is 2.60. The van der Waals surface area contributed by atoms with Gasteiger partial charge in [-0.1, -0.05) is 23.7 Å². The standard InChI is InChI=1S/C17H19ClF3NO3/c18-13-3-1-12(2-4-13)11-14(23)22-15(17(19,20)21)5-7-16(8-6-15)24-9-10-25-16/h1-4H,5-11H2,(H,22,23). The summed E-state index contributed by atoms with van der Waals surface area (Å²) < 4.78 is 52.1. The maximum absolute atomic E-state index is 13.7. The first-order chi connectivity index (χ1) is 11.7. The average Bonchev–Trinajstić information content (AvgIpc) is 3.00. The molecule has 1 saturated carbocycles. The number of hydrogen-bond donors (Lipinski definition) is 1. The van der Waals surface area contributed by atoms with Crippen LogP contribution in [0, 0.1) is 0 Å². The zero-order valence-corrected chi connectivity index (χ0v) is 14.3. The van der Waals surface area contributed by atoms with Gasteiger partial charge in [-0.05, 0) is 30.5 Å². The van der Waals surface area contributed by atoms with Crippen LogP contribution in [0.2, 0.25) is 5.02 Å². The summed E-state index contributed by atoms with van der Waals surface area (Å²) in [6, 6.07) is 6.45. The first-order valence-corrected chi connectivity index (χ1v) is 8.52. The molecule has 1 aromatic rings. The summed E-state index contributed by atoms with van der Waals surface area (Å²) in [7, 11) is 0. The Morgan fingerprint density at radius 2 is 1.64 bits per heavy atom. The second-order valence-corrected chi connectivity index (χ2v) is 6.98. The number of carbonyl (C=O) groups excluding carboxylic acids is 1. The Hall–Kier alpha value is -1.31. The van der Waals surface area contributed by atoms with Crippen molar-refractivity contribution in [3.05, 3.63) is 34.9 Å². The van der Waals surface area contributed by atoms with E-state index < -0.39 is 23.4 Å². The molecule has 0 unspecified atom stereocenters. The van der Waals surface area contributed by atoms with Crippen molar-refractivity contribution in [1.82, 2.24) is 5.32 Å². The summed E-state index contributed by atoms with van der Waals surface area (Å²) >= 11 is 5.77. The van der Waals surface area contributed by atoms with Gasteiger partial charge < -0.3 is 14.8 Å². The molecule has 2 fully saturated rings. The first-order valence-electron chi connectivity index (χ1n) is 8.14. The van der Waals surface area contributed by atoms with E-state index in [9.17, 15) is 18.0 Å². The molecule has 25 heavy (non-hydrogen) atoms.